The van der Waals surface area contributed by atoms with E-state index in [9.17, 15) is 0 Å². The van der Waals surface area contributed by atoms with Gasteiger partial charge in [0.15, 0.2) is 5.11 Å². The third-order valence-corrected chi connectivity index (χ3v) is 5.73. The van der Waals surface area contributed by atoms with Crippen molar-refractivity contribution in [2.45, 2.75) is 13.5 Å². The lowest BCUT2D eigenvalue weighted by molar-refractivity contribution is 0.176. The van der Waals surface area contributed by atoms with Crippen LogP contribution < -0.4 is 5.32 Å². The molecule has 1 aromatic heterocycles. The molecule has 0 aliphatic carbocycles. The molecule has 1 N–H and O–H groups in total. The molecular formula is C17H21BrClN5S. The molecule has 8 heteroatoms. The number of aromatic nitrogens is 2. The van der Waals surface area contributed by atoms with E-state index in [2.05, 4.69) is 43.1 Å². The van der Waals surface area contributed by atoms with Gasteiger partial charge in [0, 0.05) is 55.5 Å². The van der Waals surface area contributed by atoms with Gasteiger partial charge in [-0.15, -0.1) is 0 Å². The molecule has 0 bridgehead atoms. The normalized spacial score (nSPS) is 15.4. The molecule has 0 saturated carbocycles. The van der Waals surface area contributed by atoms with Crippen LogP contribution in [0.4, 0.5) is 5.69 Å². The van der Waals surface area contributed by atoms with Crippen molar-refractivity contribution in [3.63, 3.8) is 0 Å². The first kappa shape index (κ1) is 18.6. The second-order valence-electron chi connectivity index (χ2n) is 6.20. The van der Waals surface area contributed by atoms with Gasteiger partial charge in [0.2, 0.25) is 0 Å². The fourth-order valence-electron chi connectivity index (χ4n) is 2.83. The molecule has 134 valence electrons. The number of anilines is 1. The van der Waals surface area contributed by atoms with Gasteiger partial charge >= 0.3 is 0 Å². The molecule has 0 unspecified atom stereocenters. The second-order valence-corrected chi connectivity index (χ2v) is 7.91. The molecular weight excluding hydrogens is 422 g/mol. The minimum Gasteiger partial charge on any atom is -0.346 e. The van der Waals surface area contributed by atoms with E-state index in [1.807, 2.05) is 36.1 Å². The van der Waals surface area contributed by atoms with Crippen LogP contribution in [0.2, 0.25) is 5.02 Å². The Balaban J connectivity index is 1.53. The Hall–Kier alpha value is -1.15. The molecule has 0 atom stereocenters. The number of benzene rings is 1. The lowest BCUT2D eigenvalue weighted by Gasteiger charge is -2.36. The molecule has 1 aromatic carbocycles. The predicted octanol–water partition coefficient (Wildman–Crippen LogP) is 3.66. The number of rotatable bonds is 3. The molecule has 0 amide bonds. The maximum atomic E-state index is 6.26. The fraction of sp³-hybridized carbons (Fsp3) is 0.412. The molecule has 1 aliphatic heterocycles. The van der Waals surface area contributed by atoms with Gasteiger partial charge in [-0.25, -0.2) is 0 Å². The van der Waals surface area contributed by atoms with Crippen molar-refractivity contribution in [1.29, 1.82) is 0 Å². The molecule has 2 heterocycles. The van der Waals surface area contributed by atoms with Crippen molar-refractivity contribution in [2.75, 3.05) is 31.5 Å². The number of hydrogen-bond acceptors (Lipinski definition) is 3. The summed E-state index contributed by atoms with van der Waals surface area (Å²) in [7, 11) is 1.98. The van der Waals surface area contributed by atoms with Crippen LogP contribution in [0.15, 0.2) is 28.9 Å². The smallest absolute Gasteiger partial charge is 0.173 e. The van der Waals surface area contributed by atoms with Crippen molar-refractivity contribution in [3.8, 4) is 0 Å². The molecule has 1 aliphatic rings. The highest BCUT2D eigenvalue weighted by Crippen LogP contribution is 2.26. The number of thiocarbonyl (C=S) groups is 1. The number of hydrogen-bond donors (Lipinski definition) is 1. The van der Waals surface area contributed by atoms with Crippen LogP contribution in [0.25, 0.3) is 0 Å². The van der Waals surface area contributed by atoms with Gasteiger partial charge in [0.25, 0.3) is 0 Å². The minimum atomic E-state index is 0.655. The van der Waals surface area contributed by atoms with Crippen molar-refractivity contribution >= 4 is 50.5 Å². The molecule has 2 aromatic rings. The van der Waals surface area contributed by atoms with Crippen molar-refractivity contribution in [2.24, 2.45) is 7.05 Å². The van der Waals surface area contributed by atoms with Crippen LogP contribution in [0.5, 0.6) is 0 Å². The molecule has 1 fully saturated rings. The Labute approximate surface area is 167 Å². The zero-order chi connectivity index (χ0) is 18.0. The average Bonchev–Trinajstić information content (AvgIpc) is 2.90. The van der Waals surface area contributed by atoms with Crippen LogP contribution in [0, 0.1) is 6.92 Å². The number of aryl methyl sites for hydroxylation is 1. The maximum absolute atomic E-state index is 6.26. The quantitative estimate of drug-likeness (QED) is 0.734. The summed E-state index contributed by atoms with van der Waals surface area (Å²) >= 11 is 15.2. The summed E-state index contributed by atoms with van der Waals surface area (Å²) in [5.41, 5.74) is 3.35. The highest BCUT2D eigenvalue weighted by Gasteiger charge is 2.20. The van der Waals surface area contributed by atoms with E-state index in [1.165, 1.54) is 11.3 Å². The van der Waals surface area contributed by atoms with Crippen LogP contribution in [0.1, 0.15) is 11.3 Å². The van der Waals surface area contributed by atoms with Gasteiger partial charge in [-0.1, -0.05) is 27.5 Å². The van der Waals surface area contributed by atoms with Crippen molar-refractivity contribution < 1.29 is 0 Å². The first-order chi connectivity index (χ1) is 11.9. The monoisotopic (exact) mass is 441 g/mol. The number of halogens is 2. The topological polar surface area (TPSA) is 36.3 Å². The first-order valence-corrected chi connectivity index (χ1v) is 9.73. The van der Waals surface area contributed by atoms with E-state index in [-0.39, 0.29) is 0 Å². The van der Waals surface area contributed by atoms with Gasteiger partial charge < -0.3 is 10.2 Å². The Bertz CT molecular complexity index is 770. The lowest BCUT2D eigenvalue weighted by Crippen LogP contribution is -2.49. The number of piperazine rings is 1. The summed E-state index contributed by atoms with van der Waals surface area (Å²) in [5.74, 6) is 0. The third kappa shape index (κ3) is 4.53. The van der Waals surface area contributed by atoms with Gasteiger partial charge in [-0.05, 0) is 37.3 Å². The number of nitrogens with zero attached hydrogens (tertiary/aromatic N) is 4. The SMILES string of the molecule is Cc1c(CN2CCN(C(=S)Nc3ccc(Br)cc3Cl)CC2)cnn1C. The van der Waals surface area contributed by atoms with Crippen LogP contribution >= 0.6 is 39.7 Å². The average molecular weight is 443 g/mol. The predicted molar refractivity (Wildman–Crippen MR) is 110 cm³/mol. The summed E-state index contributed by atoms with van der Waals surface area (Å²) < 4.78 is 2.88. The van der Waals surface area contributed by atoms with Gasteiger partial charge in [0.1, 0.15) is 0 Å². The summed E-state index contributed by atoms with van der Waals surface area (Å²) in [4.78, 5) is 4.63. The van der Waals surface area contributed by atoms with E-state index in [4.69, 9.17) is 23.8 Å². The summed E-state index contributed by atoms with van der Waals surface area (Å²) in [6, 6.07) is 5.74. The molecule has 25 heavy (non-hydrogen) atoms. The summed E-state index contributed by atoms with van der Waals surface area (Å²) in [6.45, 7) is 6.80. The lowest BCUT2D eigenvalue weighted by atomic mass is 10.2. The Kier molecular flexibility index (Phi) is 5.99. The van der Waals surface area contributed by atoms with E-state index in [1.54, 1.807) is 0 Å². The van der Waals surface area contributed by atoms with Crippen molar-refractivity contribution in [3.05, 3.63) is 45.1 Å². The highest BCUT2D eigenvalue weighted by molar-refractivity contribution is 9.10. The Morgan fingerprint density at radius 3 is 2.64 bits per heavy atom. The zero-order valence-corrected chi connectivity index (χ0v) is 17.5. The van der Waals surface area contributed by atoms with E-state index >= 15 is 0 Å². The Morgan fingerprint density at radius 2 is 2.04 bits per heavy atom. The molecule has 0 radical (unpaired) electrons. The van der Waals surface area contributed by atoms with Gasteiger partial charge in [-0.2, -0.15) is 5.10 Å². The van der Waals surface area contributed by atoms with Gasteiger partial charge in [-0.3, -0.25) is 9.58 Å². The van der Waals surface area contributed by atoms with E-state index < -0.39 is 0 Å². The van der Waals surface area contributed by atoms with Crippen LogP contribution in [-0.4, -0.2) is 50.9 Å². The first-order valence-electron chi connectivity index (χ1n) is 8.15. The third-order valence-electron chi connectivity index (χ3n) is 4.56. The van der Waals surface area contributed by atoms with E-state index in [0.29, 0.717) is 5.02 Å². The fourth-order valence-corrected chi connectivity index (χ4v) is 3.85. The van der Waals surface area contributed by atoms with Crippen LogP contribution in [0.3, 0.4) is 0 Å². The molecule has 5 nitrogen and oxygen atoms in total. The van der Waals surface area contributed by atoms with Crippen molar-refractivity contribution in [1.82, 2.24) is 19.6 Å². The summed E-state index contributed by atoms with van der Waals surface area (Å²) in [5, 5.41) is 8.95. The molecule has 3 rings (SSSR count). The van der Waals surface area contributed by atoms with E-state index in [0.717, 1.165) is 48.0 Å². The summed E-state index contributed by atoms with van der Waals surface area (Å²) in [6.07, 6.45) is 1.96. The zero-order valence-electron chi connectivity index (χ0n) is 14.3. The standard InChI is InChI=1S/C17H21BrClN5S/c1-12-13(10-20-22(12)2)11-23-5-7-24(8-6-23)17(25)21-16-4-3-14(18)9-15(16)19/h3-4,9-10H,5-8,11H2,1-2H3,(H,21,25). The minimum absolute atomic E-state index is 0.655. The van der Waals surface area contributed by atoms with Gasteiger partial charge in [0.05, 0.1) is 16.9 Å². The second kappa shape index (κ2) is 8.03. The van der Waals surface area contributed by atoms with Crippen LogP contribution in [-0.2, 0) is 13.6 Å². The largest absolute Gasteiger partial charge is 0.346 e. The number of nitrogens with one attached hydrogen (secondary N) is 1. The highest BCUT2D eigenvalue weighted by atomic mass is 79.9. The Morgan fingerprint density at radius 1 is 1.32 bits per heavy atom. The molecule has 1 saturated heterocycles. The molecule has 0 spiro atoms. The maximum Gasteiger partial charge on any atom is 0.173 e.